The van der Waals surface area contributed by atoms with E-state index in [1.54, 1.807) is 7.05 Å². The van der Waals surface area contributed by atoms with Gasteiger partial charge in [-0.05, 0) is 24.4 Å². The smallest absolute Gasteiger partial charge is 0.228 e. The zero-order valence-electron chi connectivity index (χ0n) is 8.87. The highest BCUT2D eigenvalue weighted by molar-refractivity contribution is 5.86. The van der Waals surface area contributed by atoms with Gasteiger partial charge in [0.15, 0.2) is 0 Å². The van der Waals surface area contributed by atoms with Crippen LogP contribution in [0, 0.1) is 0 Å². The lowest BCUT2D eigenvalue weighted by Gasteiger charge is -2.06. The van der Waals surface area contributed by atoms with Gasteiger partial charge in [-0.25, -0.2) is 0 Å². The van der Waals surface area contributed by atoms with Crippen LogP contribution in [0.1, 0.15) is 18.5 Å². The first-order chi connectivity index (χ1) is 7.22. The van der Waals surface area contributed by atoms with E-state index in [9.17, 15) is 4.79 Å². The zero-order valence-corrected chi connectivity index (χ0v) is 8.87. The van der Waals surface area contributed by atoms with Crippen molar-refractivity contribution in [3.63, 3.8) is 0 Å². The van der Waals surface area contributed by atoms with Crippen LogP contribution in [-0.4, -0.2) is 17.9 Å². The predicted octanol–water partition coefficient (Wildman–Crippen LogP) is 2.02. The zero-order chi connectivity index (χ0) is 10.8. The molecule has 2 N–H and O–H groups in total. The van der Waals surface area contributed by atoms with Crippen LogP contribution in [0.15, 0.2) is 30.3 Å². The van der Waals surface area contributed by atoms with Crippen molar-refractivity contribution in [3.05, 3.63) is 36.0 Å². The first kappa shape index (κ1) is 9.77. The van der Waals surface area contributed by atoms with Crippen molar-refractivity contribution < 1.29 is 4.79 Å². The number of aromatic nitrogens is 1. The molecule has 2 aromatic rings. The van der Waals surface area contributed by atoms with Crippen molar-refractivity contribution in [2.45, 2.75) is 12.8 Å². The van der Waals surface area contributed by atoms with Crippen molar-refractivity contribution in [1.29, 1.82) is 0 Å². The van der Waals surface area contributed by atoms with Crippen LogP contribution in [0.5, 0.6) is 0 Å². The molecular weight excluding hydrogens is 188 g/mol. The molecule has 2 rings (SSSR count). The van der Waals surface area contributed by atoms with Crippen molar-refractivity contribution in [3.8, 4) is 0 Å². The summed E-state index contributed by atoms with van der Waals surface area (Å²) < 4.78 is 0. The third kappa shape index (κ3) is 1.73. The Hall–Kier alpha value is -1.77. The molecule has 15 heavy (non-hydrogen) atoms. The van der Waals surface area contributed by atoms with Gasteiger partial charge in [-0.15, -0.1) is 0 Å². The minimum absolute atomic E-state index is 0.0292. The number of carbonyl (C=O) groups excluding carboxylic acids is 1. The molecular formula is C12H14N2O. The van der Waals surface area contributed by atoms with E-state index in [1.165, 1.54) is 0 Å². The van der Waals surface area contributed by atoms with E-state index in [2.05, 4.69) is 10.3 Å². The van der Waals surface area contributed by atoms with Gasteiger partial charge in [0.05, 0.1) is 5.92 Å². The van der Waals surface area contributed by atoms with E-state index in [0.717, 1.165) is 16.6 Å². The van der Waals surface area contributed by atoms with Gasteiger partial charge >= 0.3 is 0 Å². The predicted molar refractivity (Wildman–Crippen MR) is 60.8 cm³/mol. The molecule has 0 radical (unpaired) electrons. The van der Waals surface area contributed by atoms with E-state index in [0.29, 0.717) is 0 Å². The van der Waals surface area contributed by atoms with E-state index in [4.69, 9.17) is 0 Å². The Morgan fingerprint density at radius 3 is 2.80 bits per heavy atom. The quantitative estimate of drug-likeness (QED) is 0.768. The normalized spacial score (nSPS) is 12.7. The molecule has 0 aliphatic rings. The maximum atomic E-state index is 11.5. The first-order valence-corrected chi connectivity index (χ1v) is 5.01. The van der Waals surface area contributed by atoms with Crippen LogP contribution < -0.4 is 5.32 Å². The highest BCUT2D eigenvalue weighted by Crippen LogP contribution is 2.20. The van der Waals surface area contributed by atoms with Crippen molar-refractivity contribution in [2.24, 2.45) is 0 Å². The molecule has 78 valence electrons. The molecule has 1 aromatic heterocycles. The Balaban J connectivity index is 2.40. The Bertz CT molecular complexity index is 454. The number of carbonyl (C=O) groups is 1. The number of fused-ring (bicyclic) bond motifs is 1. The molecule has 1 atom stereocenters. The van der Waals surface area contributed by atoms with E-state index in [-0.39, 0.29) is 11.8 Å². The van der Waals surface area contributed by atoms with E-state index in [1.807, 2.05) is 37.3 Å². The number of benzene rings is 1. The Labute approximate surface area is 88.5 Å². The fourth-order valence-corrected chi connectivity index (χ4v) is 1.69. The van der Waals surface area contributed by atoms with E-state index < -0.39 is 0 Å². The summed E-state index contributed by atoms with van der Waals surface area (Å²) in [5, 5.41) is 3.79. The van der Waals surface area contributed by atoms with Gasteiger partial charge in [0.1, 0.15) is 0 Å². The number of para-hydroxylation sites is 1. The number of H-pyrrole nitrogens is 1. The summed E-state index contributed by atoms with van der Waals surface area (Å²) in [7, 11) is 1.65. The fourth-order valence-electron chi connectivity index (χ4n) is 1.69. The summed E-state index contributed by atoms with van der Waals surface area (Å²) in [6.45, 7) is 1.89. The minimum atomic E-state index is -0.137. The topological polar surface area (TPSA) is 44.9 Å². The summed E-state index contributed by atoms with van der Waals surface area (Å²) in [4.78, 5) is 14.7. The second-order valence-corrected chi connectivity index (χ2v) is 3.65. The third-order valence-electron chi connectivity index (χ3n) is 2.66. The Kier molecular flexibility index (Phi) is 2.46. The number of hydrogen-bond acceptors (Lipinski definition) is 1. The summed E-state index contributed by atoms with van der Waals surface area (Å²) >= 11 is 0. The Morgan fingerprint density at radius 2 is 2.13 bits per heavy atom. The molecule has 1 amide bonds. The number of nitrogens with one attached hydrogen (secondary N) is 2. The van der Waals surface area contributed by atoms with Crippen LogP contribution in [0.4, 0.5) is 0 Å². The van der Waals surface area contributed by atoms with Crippen LogP contribution in [0.25, 0.3) is 10.9 Å². The highest BCUT2D eigenvalue weighted by atomic mass is 16.1. The molecule has 0 unspecified atom stereocenters. The average Bonchev–Trinajstić information content (AvgIpc) is 2.70. The monoisotopic (exact) mass is 202 g/mol. The summed E-state index contributed by atoms with van der Waals surface area (Å²) in [6.07, 6.45) is 0. The SMILES string of the molecule is CNC(=O)[C@@H](C)c1cc2ccccc2[nH]1. The van der Waals surface area contributed by atoms with Gasteiger partial charge in [0, 0.05) is 18.3 Å². The Morgan fingerprint density at radius 1 is 1.40 bits per heavy atom. The molecule has 3 heteroatoms. The number of rotatable bonds is 2. The van der Waals surface area contributed by atoms with Crippen LogP contribution in [0.2, 0.25) is 0 Å². The lowest BCUT2D eigenvalue weighted by Crippen LogP contribution is -2.23. The number of amides is 1. The van der Waals surface area contributed by atoms with Gasteiger partial charge in [0.2, 0.25) is 5.91 Å². The molecule has 0 fully saturated rings. The highest BCUT2D eigenvalue weighted by Gasteiger charge is 2.15. The van der Waals surface area contributed by atoms with Crippen molar-refractivity contribution in [1.82, 2.24) is 10.3 Å². The molecule has 1 aromatic carbocycles. The standard InChI is InChI=1S/C12H14N2O/c1-8(12(15)13-2)11-7-9-5-3-4-6-10(9)14-11/h3-8,14H,1-2H3,(H,13,15)/t8-/m0/s1. The van der Waals surface area contributed by atoms with Crippen molar-refractivity contribution in [2.75, 3.05) is 7.05 Å². The molecule has 0 saturated carbocycles. The molecule has 0 bridgehead atoms. The molecule has 0 saturated heterocycles. The molecule has 3 nitrogen and oxygen atoms in total. The lowest BCUT2D eigenvalue weighted by molar-refractivity contribution is -0.121. The number of likely N-dealkylation sites (N-methyl/N-ethyl adjacent to an activating group) is 1. The molecule has 0 aliphatic heterocycles. The summed E-state index contributed by atoms with van der Waals surface area (Å²) in [6, 6.07) is 10.0. The number of aromatic amines is 1. The largest absolute Gasteiger partial charge is 0.359 e. The fraction of sp³-hybridized carbons (Fsp3) is 0.250. The van der Waals surface area contributed by atoms with Crippen molar-refractivity contribution >= 4 is 16.8 Å². The van der Waals surface area contributed by atoms with Gasteiger partial charge in [-0.2, -0.15) is 0 Å². The second kappa shape index (κ2) is 3.77. The van der Waals surface area contributed by atoms with E-state index >= 15 is 0 Å². The summed E-state index contributed by atoms with van der Waals surface area (Å²) in [5.41, 5.74) is 2.03. The number of hydrogen-bond donors (Lipinski definition) is 2. The van der Waals surface area contributed by atoms with Crippen LogP contribution >= 0.6 is 0 Å². The van der Waals surface area contributed by atoms with Crippen LogP contribution in [0.3, 0.4) is 0 Å². The maximum absolute atomic E-state index is 11.5. The molecule has 0 spiro atoms. The maximum Gasteiger partial charge on any atom is 0.228 e. The van der Waals surface area contributed by atoms with Gasteiger partial charge in [-0.1, -0.05) is 18.2 Å². The third-order valence-corrected chi connectivity index (χ3v) is 2.66. The molecule has 1 heterocycles. The van der Waals surface area contributed by atoms with Crippen LogP contribution in [-0.2, 0) is 4.79 Å². The van der Waals surface area contributed by atoms with Gasteiger partial charge in [0.25, 0.3) is 0 Å². The van der Waals surface area contributed by atoms with Gasteiger partial charge < -0.3 is 10.3 Å². The second-order valence-electron chi connectivity index (χ2n) is 3.65. The summed E-state index contributed by atoms with van der Waals surface area (Å²) in [5.74, 6) is -0.107. The van der Waals surface area contributed by atoms with Gasteiger partial charge in [-0.3, -0.25) is 4.79 Å². The average molecular weight is 202 g/mol. The first-order valence-electron chi connectivity index (χ1n) is 5.01. The lowest BCUT2D eigenvalue weighted by atomic mass is 10.1. The minimum Gasteiger partial charge on any atom is -0.359 e. The molecule has 0 aliphatic carbocycles.